The van der Waals surface area contributed by atoms with Crippen LogP contribution in [-0.4, -0.2) is 36.9 Å². The first kappa shape index (κ1) is 18.5. The lowest BCUT2D eigenvalue weighted by molar-refractivity contribution is -0.149. The number of rotatable bonds is 5. The molecule has 2 aromatic heterocycles. The molecule has 2 aromatic rings. The average molecular weight is 364 g/mol. The smallest absolute Gasteiger partial charge is 0.349 e. The number of esters is 1. The fraction of sp³-hybridized carbons (Fsp3) is 0.412. The maximum absolute atomic E-state index is 12.0. The van der Waals surface area contributed by atoms with Gasteiger partial charge in [0.05, 0.1) is 11.6 Å². The van der Waals surface area contributed by atoms with Gasteiger partial charge < -0.3 is 14.7 Å². The van der Waals surface area contributed by atoms with E-state index >= 15 is 0 Å². The van der Waals surface area contributed by atoms with Gasteiger partial charge in [0.25, 0.3) is 0 Å². The first-order chi connectivity index (χ1) is 11.2. The zero-order valence-corrected chi connectivity index (χ0v) is 15.8. The molecule has 0 saturated heterocycles. The molecule has 0 aromatic carbocycles. The fourth-order valence-corrected chi connectivity index (χ4v) is 4.30. The minimum atomic E-state index is -0.630. The summed E-state index contributed by atoms with van der Waals surface area (Å²) >= 11 is 3.13. The van der Waals surface area contributed by atoms with Crippen LogP contribution in [0.4, 0.5) is 5.00 Å². The van der Waals surface area contributed by atoms with E-state index < -0.39 is 11.6 Å². The van der Waals surface area contributed by atoms with Gasteiger partial charge in [-0.3, -0.25) is 0 Å². The molecular formula is C17H20N2O3S2. The molecule has 0 fully saturated rings. The van der Waals surface area contributed by atoms with Gasteiger partial charge in [-0.1, -0.05) is 0 Å². The third-order valence-electron chi connectivity index (χ3n) is 3.05. The van der Waals surface area contributed by atoms with E-state index in [1.165, 1.54) is 11.3 Å². The second-order valence-corrected chi connectivity index (χ2v) is 8.46. The van der Waals surface area contributed by atoms with Crippen LogP contribution in [0.15, 0.2) is 17.7 Å². The van der Waals surface area contributed by atoms with E-state index in [-0.39, 0.29) is 12.2 Å². The van der Waals surface area contributed by atoms with Gasteiger partial charge in [-0.05, 0) is 39.0 Å². The van der Waals surface area contributed by atoms with Crippen LogP contribution in [0.5, 0.6) is 0 Å². The van der Waals surface area contributed by atoms with Crippen LogP contribution in [0.1, 0.15) is 25.6 Å². The van der Waals surface area contributed by atoms with Crippen molar-refractivity contribution in [2.45, 2.75) is 26.4 Å². The van der Waals surface area contributed by atoms with Crippen LogP contribution in [0, 0.1) is 11.3 Å². The van der Waals surface area contributed by atoms with Gasteiger partial charge in [0.1, 0.15) is 17.2 Å². The second-order valence-electron chi connectivity index (χ2n) is 6.28. The molecule has 2 heterocycles. The number of fused-ring (bicyclic) bond motifs is 1. The molecule has 0 radical (unpaired) electrons. The van der Waals surface area contributed by atoms with Crippen LogP contribution in [-0.2, 0) is 9.53 Å². The molecular weight excluding hydrogens is 344 g/mol. The van der Waals surface area contributed by atoms with Crippen molar-refractivity contribution >= 4 is 49.1 Å². The van der Waals surface area contributed by atoms with E-state index in [9.17, 15) is 10.1 Å². The standard InChI is InChI=1S/C17H20N2O3S2/c1-17(2,3)22-16(21)11(10-18)7-12-8-13-14(23-12)9-15(24-13)19(4)5-6-20/h7-9,20H,5-6H2,1-4H3/b11-7+. The van der Waals surface area contributed by atoms with Crippen molar-refractivity contribution in [2.75, 3.05) is 25.1 Å². The molecule has 0 spiro atoms. The summed E-state index contributed by atoms with van der Waals surface area (Å²) in [7, 11) is 1.93. The lowest BCUT2D eigenvalue weighted by Gasteiger charge is -2.18. The highest BCUT2D eigenvalue weighted by Gasteiger charge is 2.20. The number of nitriles is 1. The number of aliphatic hydroxyl groups is 1. The minimum Gasteiger partial charge on any atom is -0.456 e. The van der Waals surface area contributed by atoms with E-state index in [0.29, 0.717) is 6.54 Å². The number of nitrogens with zero attached hydrogens (tertiary/aromatic N) is 2. The van der Waals surface area contributed by atoms with Crippen LogP contribution in [0.3, 0.4) is 0 Å². The summed E-state index contributed by atoms with van der Waals surface area (Å²) in [5, 5.41) is 19.3. The highest BCUT2D eigenvalue weighted by molar-refractivity contribution is 7.30. The normalized spacial score (nSPS) is 12.2. The molecule has 24 heavy (non-hydrogen) atoms. The predicted octanol–water partition coefficient (Wildman–Crippen LogP) is 3.64. The molecule has 0 amide bonds. The van der Waals surface area contributed by atoms with Crippen molar-refractivity contribution in [3.63, 3.8) is 0 Å². The van der Waals surface area contributed by atoms with E-state index in [1.54, 1.807) is 38.2 Å². The molecule has 0 aliphatic carbocycles. The summed E-state index contributed by atoms with van der Waals surface area (Å²) < 4.78 is 7.42. The highest BCUT2D eigenvalue weighted by atomic mass is 32.1. The van der Waals surface area contributed by atoms with Crippen LogP contribution < -0.4 is 4.90 Å². The summed E-state index contributed by atoms with van der Waals surface area (Å²) in [4.78, 5) is 14.9. The summed E-state index contributed by atoms with van der Waals surface area (Å²) in [5.74, 6) is -0.606. The Morgan fingerprint density at radius 3 is 2.58 bits per heavy atom. The summed E-state index contributed by atoms with van der Waals surface area (Å²) in [5.41, 5.74) is -0.633. The number of likely N-dealkylation sites (N-methyl/N-ethyl adjacent to an activating group) is 1. The van der Waals surface area contributed by atoms with Gasteiger partial charge in [0.2, 0.25) is 0 Å². The van der Waals surface area contributed by atoms with Gasteiger partial charge >= 0.3 is 5.97 Å². The number of thiophene rings is 2. The molecule has 0 atom stereocenters. The molecule has 0 aliphatic rings. The van der Waals surface area contributed by atoms with Gasteiger partial charge in [0.15, 0.2) is 0 Å². The van der Waals surface area contributed by atoms with Crippen LogP contribution in [0.25, 0.3) is 15.5 Å². The number of anilines is 1. The maximum atomic E-state index is 12.0. The van der Waals surface area contributed by atoms with Crippen molar-refractivity contribution in [3.05, 3.63) is 22.6 Å². The largest absolute Gasteiger partial charge is 0.456 e. The van der Waals surface area contributed by atoms with Gasteiger partial charge in [-0.2, -0.15) is 5.26 Å². The molecule has 7 heteroatoms. The number of hydrogen-bond acceptors (Lipinski definition) is 7. The molecule has 2 rings (SSSR count). The van der Waals surface area contributed by atoms with Crippen LogP contribution >= 0.6 is 22.7 Å². The first-order valence-corrected chi connectivity index (χ1v) is 9.07. The number of hydrogen-bond donors (Lipinski definition) is 1. The van der Waals surface area contributed by atoms with Crippen molar-refractivity contribution in [2.24, 2.45) is 0 Å². The third-order valence-corrected chi connectivity index (χ3v) is 5.41. The fourth-order valence-electron chi connectivity index (χ4n) is 1.97. The molecule has 128 valence electrons. The Morgan fingerprint density at radius 1 is 1.38 bits per heavy atom. The molecule has 0 saturated carbocycles. The quantitative estimate of drug-likeness (QED) is 0.498. The molecule has 0 unspecified atom stereocenters. The van der Waals surface area contributed by atoms with Gasteiger partial charge in [-0.25, -0.2) is 4.79 Å². The number of carbonyl (C=O) groups is 1. The Labute approximate surface area is 149 Å². The van der Waals surface area contributed by atoms with Crippen molar-refractivity contribution in [1.29, 1.82) is 5.26 Å². The van der Waals surface area contributed by atoms with E-state index in [1.807, 2.05) is 24.1 Å². The van der Waals surface area contributed by atoms with Gasteiger partial charge in [-0.15, -0.1) is 22.7 Å². The minimum absolute atomic E-state index is 0.00329. The lowest BCUT2D eigenvalue weighted by Crippen LogP contribution is -2.24. The molecule has 5 nitrogen and oxygen atoms in total. The first-order valence-electron chi connectivity index (χ1n) is 7.44. The Kier molecular flexibility index (Phi) is 5.65. The maximum Gasteiger partial charge on any atom is 0.349 e. The lowest BCUT2D eigenvalue weighted by atomic mass is 10.2. The average Bonchev–Trinajstić information content (AvgIpc) is 3.01. The van der Waals surface area contributed by atoms with Crippen molar-refractivity contribution in [1.82, 2.24) is 0 Å². The van der Waals surface area contributed by atoms with E-state index in [2.05, 4.69) is 6.07 Å². The predicted molar refractivity (Wildman–Crippen MR) is 99.5 cm³/mol. The molecule has 1 N–H and O–H groups in total. The Balaban J connectivity index is 2.24. The monoisotopic (exact) mass is 364 g/mol. The SMILES string of the molecule is CN(CCO)c1cc2sc(/C=C(\C#N)C(=O)OC(C)(C)C)cc2s1. The summed E-state index contributed by atoms with van der Waals surface area (Å²) in [6.07, 6.45) is 1.57. The van der Waals surface area contributed by atoms with E-state index in [0.717, 1.165) is 19.3 Å². The Hall–Kier alpha value is -1.88. The summed E-state index contributed by atoms with van der Waals surface area (Å²) in [6, 6.07) is 5.93. The zero-order chi connectivity index (χ0) is 17.9. The Bertz CT molecular complexity index is 775. The second kappa shape index (κ2) is 7.34. The third kappa shape index (κ3) is 4.57. The zero-order valence-electron chi connectivity index (χ0n) is 14.1. The van der Waals surface area contributed by atoms with Crippen LogP contribution in [0.2, 0.25) is 0 Å². The molecule has 0 aliphatic heterocycles. The molecule has 0 bridgehead atoms. The van der Waals surface area contributed by atoms with Gasteiger partial charge in [0, 0.05) is 27.9 Å². The Morgan fingerprint density at radius 2 is 2.04 bits per heavy atom. The topological polar surface area (TPSA) is 73.6 Å². The van der Waals surface area contributed by atoms with E-state index in [4.69, 9.17) is 9.84 Å². The highest BCUT2D eigenvalue weighted by Crippen LogP contribution is 2.38. The number of ether oxygens (including phenoxy) is 1. The number of aliphatic hydroxyl groups excluding tert-OH is 1. The summed E-state index contributed by atoms with van der Waals surface area (Å²) in [6.45, 7) is 6.00. The number of carbonyl (C=O) groups excluding carboxylic acids is 1. The van der Waals surface area contributed by atoms with Crippen molar-refractivity contribution < 1.29 is 14.6 Å². The van der Waals surface area contributed by atoms with Crippen molar-refractivity contribution in [3.8, 4) is 6.07 Å².